The molecule has 0 bridgehead atoms. The number of methoxy groups -OCH3 is 1. The topological polar surface area (TPSA) is 80.3 Å². The summed E-state index contributed by atoms with van der Waals surface area (Å²) in [6, 6.07) is 5.50. The zero-order valence-electron chi connectivity index (χ0n) is 10.5. The van der Waals surface area contributed by atoms with Gasteiger partial charge in [-0.1, -0.05) is 11.3 Å². The summed E-state index contributed by atoms with van der Waals surface area (Å²) in [6.07, 6.45) is 0. The number of hydrogen-bond acceptors (Lipinski definition) is 5. The zero-order chi connectivity index (χ0) is 13.8. The van der Waals surface area contributed by atoms with Crippen LogP contribution in [0.2, 0.25) is 0 Å². The third-order valence-corrected chi connectivity index (χ3v) is 3.27. The van der Waals surface area contributed by atoms with Crippen molar-refractivity contribution in [2.75, 3.05) is 19.0 Å². The van der Waals surface area contributed by atoms with Gasteiger partial charge in [-0.15, -0.1) is 0 Å². The fraction of sp³-hybridized carbons (Fsp3) is 0.250. The van der Waals surface area contributed by atoms with Crippen LogP contribution in [0, 0.1) is 0 Å². The standard InChI is InChI=1S/C12H13N3O3S/c1-7(16)13-6-11(17)15-12-14-9-4-3-8(18-2)5-10(9)19-12/h3-5H,6H2,1-2H3,(H,13,16)(H,14,15,17). The van der Waals surface area contributed by atoms with E-state index in [1.165, 1.54) is 18.3 Å². The minimum Gasteiger partial charge on any atom is -0.497 e. The van der Waals surface area contributed by atoms with Gasteiger partial charge in [0.2, 0.25) is 11.8 Å². The van der Waals surface area contributed by atoms with Crippen LogP contribution < -0.4 is 15.4 Å². The maximum Gasteiger partial charge on any atom is 0.245 e. The first-order valence-electron chi connectivity index (χ1n) is 5.57. The third kappa shape index (κ3) is 3.41. The second-order valence-corrected chi connectivity index (χ2v) is 4.84. The molecule has 100 valence electrons. The SMILES string of the molecule is COc1ccc2nc(NC(=O)CNC(C)=O)sc2c1. The molecule has 2 aromatic rings. The molecule has 19 heavy (non-hydrogen) atoms. The Labute approximate surface area is 113 Å². The molecule has 7 heteroatoms. The van der Waals surface area contributed by atoms with E-state index in [-0.39, 0.29) is 18.4 Å². The van der Waals surface area contributed by atoms with Gasteiger partial charge in [0.1, 0.15) is 5.75 Å². The van der Waals surface area contributed by atoms with E-state index in [0.717, 1.165) is 16.0 Å². The van der Waals surface area contributed by atoms with Crippen molar-refractivity contribution in [1.82, 2.24) is 10.3 Å². The number of thiazole rings is 1. The number of ether oxygens (including phenoxy) is 1. The molecule has 0 saturated heterocycles. The minimum atomic E-state index is -0.304. The predicted molar refractivity (Wildman–Crippen MR) is 73.5 cm³/mol. The normalized spacial score (nSPS) is 10.2. The largest absolute Gasteiger partial charge is 0.497 e. The summed E-state index contributed by atoms with van der Waals surface area (Å²) < 4.78 is 6.05. The molecule has 0 aliphatic heterocycles. The van der Waals surface area contributed by atoms with Crippen LogP contribution in [0.1, 0.15) is 6.92 Å². The molecule has 0 aliphatic carbocycles. The molecule has 2 rings (SSSR count). The Kier molecular flexibility index (Phi) is 3.96. The summed E-state index contributed by atoms with van der Waals surface area (Å²) in [4.78, 5) is 26.5. The van der Waals surface area contributed by atoms with Gasteiger partial charge in [0, 0.05) is 6.92 Å². The number of fused-ring (bicyclic) bond motifs is 1. The molecule has 0 saturated carbocycles. The van der Waals surface area contributed by atoms with Crippen LogP contribution in [-0.4, -0.2) is 30.5 Å². The van der Waals surface area contributed by atoms with Gasteiger partial charge in [-0.2, -0.15) is 0 Å². The maximum absolute atomic E-state index is 11.5. The highest BCUT2D eigenvalue weighted by Gasteiger charge is 2.08. The zero-order valence-corrected chi connectivity index (χ0v) is 11.3. The Balaban J connectivity index is 2.08. The highest BCUT2D eigenvalue weighted by Crippen LogP contribution is 2.28. The van der Waals surface area contributed by atoms with Crippen molar-refractivity contribution in [2.45, 2.75) is 6.92 Å². The van der Waals surface area contributed by atoms with Gasteiger partial charge in [-0.05, 0) is 18.2 Å². The van der Waals surface area contributed by atoms with Crippen LogP contribution in [-0.2, 0) is 9.59 Å². The molecule has 0 unspecified atom stereocenters. The third-order valence-electron chi connectivity index (χ3n) is 2.34. The van der Waals surface area contributed by atoms with Gasteiger partial charge >= 0.3 is 0 Å². The van der Waals surface area contributed by atoms with E-state index in [0.29, 0.717) is 5.13 Å². The lowest BCUT2D eigenvalue weighted by Gasteiger charge is -2.01. The van der Waals surface area contributed by atoms with Crippen LogP contribution >= 0.6 is 11.3 Å². The number of carbonyl (C=O) groups is 2. The van der Waals surface area contributed by atoms with E-state index < -0.39 is 0 Å². The fourth-order valence-corrected chi connectivity index (χ4v) is 2.36. The first-order valence-corrected chi connectivity index (χ1v) is 6.39. The number of rotatable bonds is 4. The number of benzene rings is 1. The average Bonchev–Trinajstić information content (AvgIpc) is 2.77. The van der Waals surface area contributed by atoms with Gasteiger partial charge in [0.05, 0.1) is 23.9 Å². The summed E-state index contributed by atoms with van der Waals surface area (Å²) in [6.45, 7) is 1.30. The van der Waals surface area contributed by atoms with Crippen LogP contribution in [0.3, 0.4) is 0 Å². The van der Waals surface area contributed by atoms with E-state index in [9.17, 15) is 9.59 Å². The van der Waals surface area contributed by atoms with Crippen molar-refractivity contribution in [3.63, 3.8) is 0 Å². The maximum atomic E-state index is 11.5. The van der Waals surface area contributed by atoms with E-state index in [2.05, 4.69) is 15.6 Å². The van der Waals surface area contributed by atoms with Crippen molar-refractivity contribution < 1.29 is 14.3 Å². The number of hydrogen-bond donors (Lipinski definition) is 2. The summed E-state index contributed by atoms with van der Waals surface area (Å²) in [5.74, 6) is 0.192. The lowest BCUT2D eigenvalue weighted by atomic mass is 10.3. The molecule has 1 aromatic heterocycles. The van der Waals surface area contributed by atoms with Crippen LogP contribution in [0.4, 0.5) is 5.13 Å². The highest BCUT2D eigenvalue weighted by atomic mass is 32.1. The van der Waals surface area contributed by atoms with E-state index >= 15 is 0 Å². The molecular weight excluding hydrogens is 266 g/mol. The van der Waals surface area contributed by atoms with Gasteiger partial charge in [-0.25, -0.2) is 4.98 Å². The number of anilines is 1. The lowest BCUT2D eigenvalue weighted by Crippen LogP contribution is -2.31. The van der Waals surface area contributed by atoms with Crippen molar-refractivity contribution in [1.29, 1.82) is 0 Å². The molecule has 2 N–H and O–H groups in total. The Morgan fingerprint density at radius 1 is 1.42 bits per heavy atom. The van der Waals surface area contributed by atoms with Crippen molar-refractivity contribution >= 4 is 38.5 Å². The Bertz CT molecular complexity index is 624. The molecule has 2 amide bonds. The second-order valence-electron chi connectivity index (χ2n) is 3.81. The van der Waals surface area contributed by atoms with Crippen molar-refractivity contribution in [3.8, 4) is 5.75 Å². The summed E-state index contributed by atoms with van der Waals surface area (Å²) in [5.41, 5.74) is 0.792. The average molecular weight is 279 g/mol. The van der Waals surface area contributed by atoms with Gasteiger partial charge in [0.25, 0.3) is 0 Å². The Morgan fingerprint density at radius 2 is 2.21 bits per heavy atom. The molecule has 1 heterocycles. The van der Waals surface area contributed by atoms with Crippen LogP contribution in [0.5, 0.6) is 5.75 Å². The molecule has 0 radical (unpaired) electrons. The monoisotopic (exact) mass is 279 g/mol. The number of amides is 2. The smallest absolute Gasteiger partial charge is 0.245 e. The van der Waals surface area contributed by atoms with Gasteiger partial charge in [-0.3, -0.25) is 9.59 Å². The fourth-order valence-electron chi connectivity index (χ4n) is 1.45. The minimum absolute atomic E-state index is 0.0609. The number of nitrogens with one attached hydrogen (secondary N) is 2. The molecule has 0 aliphatic rings. The summed E-state index contributed by atoms with van der Waals surface area (Å²) in [5, 5.41) is 5.56. The molecular formula is C12H13N3O3S. The number of aromatic nitrogens is 1. The first kappa shape index (κ1) is 13.3. The Hall–Kier alpha value is -2.15. The van der Waals surface area contributed by atoms with Gasteiger partial charge < -0.3 is 15.4 Å². The second kappa shape index (κ2) is 5.66. The predicted octanol–water partition coefficient (Wildman–Crippen LogP) is 1.38. The molecule has 0 spiro atoms. The van der Waals surface area contributed by atoms with Crippen molar-refractivity contribution in [2.24, 2.45) is 0 Å². The van der Waals surface area contributed by atoms with Crippen LogP contribution in [0.15, 0.2) is 18.2 Å². The molecule has 1 aromatic carbocycles. The Morgan fingerprint density at radius 3 is 2.89 bits per heavy atom. The summed E-state index contributed by atoms with van der Waals surface area (Å²) >= 11 is 1.35. The van der Waals surface area contributed by atoms with Crippen molar-refractivity contribution in [3.05, 3.63) is 18.2 Å². The quantitative estimate of drug-likeness (QED) is 0.886. The van der Waals surface area contributed by atoms with E-state index in [1.807, 2.05) is 18.2 Å². The first-order chi connectivity index (χ1) is 9.08. The molecule has 0 fully saturated rings. The molecule has 0 atom stereocenters. The summed E-state index contributed by atoms with van der Waals surface area (Å²) in [7, 11) is 1.60. The van der Waals surface area contributed by atoms with E-state index in [4.69, 9.17) is 4.74 Å². The molecule has 6 nitrogen and oxygen atoms in total. The van der Waals surface area contributed by atoms with Gasteiger partial charge in [0.15, 0.2) is 5.13 Å². The lowest BCUT2D eigenvalue weighted by molar-refractivity contribution is -0.122. The number of nitrogens with zero attached hydrogens (tertiary/aromatic N) is 1. The van der Waals surface area contributed by atoms with Crippen LogP contribution in [0.25, 0.3) is 10.2 Å². The van der Waals surface area contributed by atoms with E-state index in [1.54, 1.807) is 7.11 Å². The number of carbonyl (C=O) groups excluding carboxylic acids is 2. The highest BCUT2D eigenvalue weighted by molar-refractivity contribution is 7.22.